The van der Waals surface area contributed by atoms with Crippen molar-refractivity contribution in [1.29, 1.82) is 0 Å². The van der Waals surface area contributed by atoms with E-state index in [1.807, 2.05) is 6.92 Å². The summed E-state index contributed by atoms with van der Waals surface area (Å²) in [6.45, 7) is 3.83. The number of aliphatic carboxylic acids is 2. The SMILES string of the molecule is CCCC[C@@H](C)[C@@H](CC(=O)O)C(=O)O. The van der Waals surface area contributed by atoms with E-state index in [1.165, 1.54) is 0 Å². The monoisotopic (exact) mass is 202 g/mol. The molecular weight excluding hydrogens is 184 g/mol. The van der Waals surface area contributed by atoms with Crippen molar-refractivity contribution in [3.8, 4) is 0 Å². The summed E-state index contributed by atoms with van der Waals surface area (Å²) >= 11 is 0. The lowest BCUT2D eigenvalue weighted by molar-refractivity contribution is -0.150. The van der Waals surface area contributed by atoms with Gasteiger partial charge >= 0.3 is 11.9 Å². The van der Waals surface area contributed by atoms with Gasteiger partial charge < -0.3 is 10.2 Å². The molecule has 0 aliphatic carbocycles. The Hall–Kier alpha value is -1.06. The van der Waals surface area contributed by atoms with Crippen molar-refractivity contribution in [3.05, 3.63) is 0 Å². The molecule has 0 unspecified atom stereocenters. The van der Waals surface area contributed by atoms with Gasteiger partial charge in [-0.2, -0.15) is 0 Å². The highest BCUT2D eigenvalue weighted by molar-refractivity contribution is 5.77. The molecular formula is C10H18O4. The Balaban J connectivity index is 4.18. The van der Waals surface area contributed by atoms with Crippen LogP contribution in [0.4, 0.5) is 0 Å². The lowest BCUT2D eigenvalue weighted by Gasteiger charge is -2.17. The van der Waals surface area contributed by atoms with Crippen LogP contribution in [0, 0.1) is 11.8 Å². The Kier molecular flexibility index (Phi) is 5.92. The molecule has 0 radical (unpaired) electrons. The molecule has 0 aromatic rings. The molecule has 0 saturated heterocycles. The van der Waals surface area contributed by atoms with E-state index in [0.29, 0.717) is 0 Å². The van der Waals surface area contributed by atoms with Crippen LogP contribution in [0.25, 0.3) is 0 Å². The van der Waals surface area contributed by atoms with Crippen molar-refractivity contribution in [3.63, 3.8) is 0 Å². The summed E-state index contributed by atoms with van der Waals surface area (Å²) in [4.78, 5) is 21.2. The first-order valence-electron chi connectivity index (χ1n) is 4.93. The van der Waals surface area contributed by atoms with Crippen LogP contribution in [-0.2, 0) is 9.59 Å². The van der Waals surface area contributed by atoms with Gasteiger partial charge in [-0.25, -0.2) is 0 Å². The molecule has 0 aliphatic rings. The minimum Gasteiger partial charge on any atom is -0.481 e. The van der Waals surface area contributed by atoms with Crippen LogP contribution in [0.3, 0.4) is 0 Å². The minimum atomic E-state index is -1.04. The van der Waals surface area contributed by atoms with E-state index in [9.17, 15) is 9.59 Å². The third-order valence-corrected chi connectivity index (χ3v) is 2.41. The van der Waals surface area contributed by atoms with Crippen molar-refractivity contribution >= 4 is 11.9 Å². The number of unbranched alkanes of at least 4 members (excludes halogenated alkanes) is 1. The Bertz CT molecular complexity index is 200. The van der Waals surface area contributed by atoms with E-state index in [0.717, 1.165) is 19.3 Å². The highest BCUT2D eigenvalue weighted by Crippen LogP contribution is 2.21. The van der Waals surface area contributed by atoms with Gasteiger partial charge in [0.1, 0.15) is 0 Å². The first-order valence-corrected chi connectivity index (χ1v) is 4.93. The normalized spacial score (nSPS) is 14.7. The molecule has 82 valence electrons. The number of rotatable bonds is 7. The molecule has 14 heavy (non-hydrogen) atoms. The molecule has 2 atom stereocenters. The van der Waals surface area contributed by atoms with E-state index >= 15 is 0 Å². The molecule has 0 bridgehead atoms. The average Bonchev–Trinajstić information content (AvgIpc) is 2.09. The summed E-state index contributed by atoms with van der Waals surface area (Å²) in [5.41, 5.74) is 0. The fourth-order valence-corrected chi connectivity index (χ4v) is 1.45. The Morgan fingerprint density at radius 3 is 2.21 bits per heavy atom. The Morgan fingerprint density at radius 1 is 1.29 bits per heavy atom. The van der Waals surface area contributed by atoms with Crippen LogP contribution in [0.2, 0.25) is 0 Å². The molecule has 0 aromatic carbocycles. The zero-order valence-corrected chi connectivity index (χ0v) is 8.69. The maximum atomic E-state index is 10.8. The Morgan fingerprint density at radius 2 is 1.86 bits per heavy atom. The topological polar surface area (TPSA) is 74.6 Å². The van der Waals surface area contributed by atoms with Crippen LogP contribution in [0.15, 0.2) is 0 Å². The summed E-state index contributed by atoms with van der Waals surface area (Å²) in [5.74, 6) is -2.86. The first kappa shape index (κ1) is 12.9. The predicted octanol–water partition coefficient (Wildman–Crippen LogP) is 1.99. The number of carboxylic acids is 2. The van der Waals surface area contributed by atoms with Crippen LogP contribution < -0.4 is 0 Å². The van der Waals surface area contributed by atoms with Gasteiger partial charge in [-0.15, -0.1) is 0 Å². The summed E-state index contributed by atoms with van der Waals surface area (Å²) < 4.78 is 0. The van der Waals surface area contributed by atoms with Gasteiger partial charge in [-0.1, -0.05) is 26.7 Å². The Labute approximate surface area is 83.9 Å². The lowest BCUT2D eigenvalue weighted by atomic mass is 9.87. The van der Waals surface area contributed by atoms with E-state index in [-0.39, 0.29) is 12.3 Å². The van der Waals surface area contributed by atoms with Crippen LogP contribution in [-0.4, -0.2) is 22.2 Å². The molecule has 0 spiro atoms. The zero-order chi connectivity index (χ0) is 11.1. The third-order valence-electron chi connectivity index (χ3n) is 2.41. The van der Waals surface area contributed by atoms with Gasteiger partial charge in [-0.05, 0) is 12.3 Å². The molecule has 2 N–H and O–H groups in total. The molecule has 0 aromatic heterocycles. The average molecular weight is 202 g/mol. The number of hydrogen-bond acceptors (Lipinski definition) is 2. The largest absolute Gasteiger partial charge is 0.481 e. The van der Waals surface area contributed by atoms with Gasteiger partial charge in [0.15, 0.2) is 0 Å². The first-order chi connectivity index (χ1) is 6.49. The summed E-state index contributed by atoms with van der Waals surface area (Å²) in [6, 6.07) is 0. The quantitative estimate of drug-likeness (QED) is 0.662. The third kappa shape index (κ3) is 4.84. The van der Waals surface area contributed by atoms with E-state index in [2.05, 4.69) is 0 Å². The fourth-order valence-electron chi connectivity index (χ4n) is 1.45. The molecule has 0 aliphatic heterocycles. The highest BCUT2D eigenvalue weighted by Gasteiger charge is 2.26. The van der Waals surface area contributed by atoms with E-state index in [1.54, 1.807) is 6.92 Å². The van der Waals surface area contributed by atoms with E-state index < -0.39 is 17.9 Å². The number of carboxylic acid groups (broad SMARTS) is 2. The standard InChI is InChI=1S/C10H18O4/c1-3-4-5-7(2)8(10(13)14)6-9(11)12/h7-8H,3-6H2,1-2H3,(H,11,12)(H,13,14)/t7-,8-/m1/s1. The van der Waals surface area contributed by atoms with Gasteiger partial charge in [-0.3, -0.25) is 9.59 Å². The van der Waals surface area contributed by atoms with Gasteiger partial charge in [0, 0.05) is 0 Å². The second kappa shape index (κ2) is 6.40. The predicted molar refractivity (Wildman–Crippen MR) is 52.1 cm³/mol. The summed E-state index contributed by atoms with van der Waals surface area (Å²) in [7, 11) is 0. The molecule has 0 fully saturated rings. The van der Waals surface area contributed by atoms with Crippen LogP contribution >= 0.6 is 0 Å². The molecule has 0 rings (SSSR count). The molecule has 0 saturated carbocycles. The van der Waals surface area contributed by atoms with Gasteiger partial charge in [0.05, 0.1) is 12.3 Å². The van der Waals surface area contributed by atoms with Crippen molar-refractivity contribution in [2.75, 3.05) is 0 Å². The maximum absolute atomic E-state index is 10.8. The number of carbonyl (C=O) groups is 2. The zero-order valence-electron chi connectivity index (χ0n) is 8.69. The molecule has 0 amide bonds. The molecule has 4 nitrogen and oxygen atoms in total. The fraction of sp³-hybridized carbons (Fsp3) is 0.800. The smallest absolute Gasteiger partial charge is 0.307 e. The maximum Gasteiger partial charge on any atom is 0.307 e. The van der Waals surface area contributed by atoms with Crippen molar-refractivity contribution in [1.82, 2.24) is 0 Å². The van der Waals surface area contributed by atoms with Crippen molar-refractivity contribution in [2.45, 2.75) is 39.5 Å². The van der Waals surface area contributed by atoms with E-state index in [4.69, 9.17) is 10.2 Å². The molecule has 0 heterocycles. The highest BCUT2D eigenvalue weighted by atomic mass is 16.4. The minimum absolute atomic E-state index is 0.0662. The second-order valence-corrected chi connectivity index (χ2v) is 3.66. The van der Waals surface area contributed by atoms with Crippen molar-refractivity contribution < 1.29 is 19.8 Å². The number of hydrogen-bond donors (Lipinski definition) is 2. The van der Waals surface area contributed by atoms with Crippen LogP contribution in [0.5, 0.6) is 0 Å². The van der Waals surface area contributed by atoms with Gasteiger partial charge in [0.2, 0.25) is 0 Å². The second-order valence-electron chi connectivity index (χ2n) is 3.66. The van der Waals surface area contributed by atoms with Crippen molar-refractivity contribution in [2.24, 2.45) is 11.8 Å². The van der Waals surface area contributed by atoms with Gasteiger partial charge in [0.25, 0.3) is 0 Å². The lowest BCUT2D eigenvalue weighted by Crippen LogP contribution is -2.24. The van der Waals surface area contributed by atoms with Crippen LogP contribution in [0.1, 0.15) is 39.5 Å². The summed E-state index contributed by atoms with van der Waals surface area (Å²) in [6.07, 6.45) is 2.45. The summed E-state index contributed by atoms with van der Waals surface area (Å²) in [5, 5.41) is 17.4. The molecule has 4 heteroatoms.